The summed E-state index contributed by atoms with van der Waals surface area (Å²) in [6, 6.07) is 9.67. The number of pyridine rings is 1. The van der Waals surface area contributed by atoms with Crippen LogP contribution in [0.3, 0.4) is 0 Å². The smallest absolute Gasteiger partial charge is 0.339 e. The molecule has 4 saturated carbocycles. The second-order valence-corrected chi connectivity index (χ2v) is 10.3. The number of methoxy groups -OCH3 is 2. The molecule has 0 radical (unpaired) electrons. The second kappa shape index (κ2) is 10.0. The number of benzene rings is 1. The zero-order valence-corrected chi connectivity index (χ0v) is 20.7. The Balaban J connectivity index is 1.43. The van der Waals surface area contributed by atoms with Gasteiger partial charge in [-0.15, -0.1) is 0 Å². The number of nitrogens with zero attached hydrogens (tertiary/aromatic N) is 1. The van der Waals surface area contributed by atoms with E-state index in [1.165, 1.54) is 57.4 Å². The fourth-order valence-electron chi connectivity index (χ4n) is 6.69. The molecular formula is C29H33NO5. The highest BCUT2D eigenvalue weighted by Gasteiger charge is 2.52. The van der Waals surface area contributed by atoms with Crippen molar-refractivity contribution in [2.45, 2.75) is 57.2 Å². The Morgan fingerprint density at radius 3 is 2.37 bits per heavy atom. The molecule has 1 aromatic carbocycles. The van der Waals surface area contributed by atoms with Crippen LogP contribution >= 0.6 is 0 Å². The van der Waals surface area contributed by atoms with E-state index >= 15 is 0 Å². The number of carbonyl (C=O) groups excluding carboxylic acids is 1. The molecule has 1 atom stereocenters. The van der Waals surface area contributed by atoms with Crippen LogP contribution in [-0.4, -0.2) is 38.3 Å². The summed E-state index contributed by atoms with van der Waals surface area (Å²) in [6.45, 7) is 2.00. The van der Waals surface area contributed by atoms with Gasteiger partial charge in [-0.05, 0) is 105 Å². The van der Waals surface area contributed by atoms with Crippen LogP contribution in [0.2, 0.25) is 0 Å². The summed E-state index contributed by atoms with van der Waals surface area (Å²) in [5.74, 6) is 9.37. The van der Waals surface area contributed by atoms with Crippen LogP contribution < -0.4 is 4.74 Å². The summed E-state index contributed by atoms with van der Waals surface area (Å²) in [5, 5.41) is 0. The fraction of sp³-hybridized carbons (Fsp3) is 0.517. The van der Waals surface area contributed by atoms with Gasteiger partial charge in [0.15, 0.2) is 13.1 Å². The third-order valence-electron chi connectivity index (χ3n) is 7.96. The summed E-state index contributed by atoms with van der Waals surface area (Å²) in [6.07, 6.45) is 9.04. The standard InChI is InChI=1S/C29H33NO5/c1-19(32-2)34-18-35-27-9-5-20(4-7-25-8-6-24(17-30-25)28(31)33-3)13-26(27)29-14-21-10-22(15-29)12-23(11-21)16-29/h5-6,8-9,13,17,19,21-23H,10-12,14-16,18H2,1-3H3. The summed E-state index contributed by atoms with van der Waals surface area (Å²) < 4.78 is 21.7. The number of rotatable bonds is 7. The molecule has 6 nitrogen and oxygen atoms in total. The van der Waals surface area contributed by atoms with Crippen molar-refractivity contribution in [3.63, 3.8) is 0 Å². The molecule has 2 aromatic rings. The lowest BCUT2D eigenvalue weighted by Gasteiger charge is -2.57. The van der Waals surface area contributed by atoms with Crippen molar-refractivity contribution in [2.24, 2.45) is 17.8 Å². The fourth-order valence-corrected chi connectivity index (χ4v) is 6.69. The van der Waals surface area contributed by atoms with Crippen LogP contribution in [0.4, 0.5) is 0 Å². The first-order chi connectivity index (χ1) is 17.0. The molecule has 1 aromatic heterocycles. The van der Waals surface area contributed by atoms with E-state index in [1.807, 2.05) is 19.1 Å². The monoisotopic (exact) mass is 475 g/mol. The van der Waals surface area contributed by atoms with Crippen LogP contribution in [0.1, 0.15) is 72.6 Å². The molecule has 6 rings (SSSR count). The van der Waals surface area contributed by atoms with Crippen molar-refractivity contribution < 1.29 is 23.7 Å². The highest BCUT2D eigenvalue weighted by atomic mass is 16.7. The number of hydrogen-bond donors (Lipinski definition) is 0. The molecular weight excluding hydrogens is 442 g/mol. The predicted octanol–water partition coefficient (Wildman–Crippen LogP) is 5.08. The van der Waals surface area contributed by atoms with Crippen molar-refractivity contribution in [2.75, 3.05) is 21.0 Å². The Morgan fingerprint density at radius 2 is 1.77 bits per heavy atom. The third kappa shape index (κ3) is 5.07. The van der Waals surface area contributed by atoms with Crippen LogP contribution in [0, 0.1) is 29.6 Å². The van der Waals surface area contributed by atoms with Gasteiger partial charge in [0.25, 0.3) is 0 Å². The predicted molar refractivity (Wildman–Crippen MR) is 131 cm³/mol. The van der Waals surface area contributed by atoms with Gasteiger partial charge < -0.3 is 18.9 Å². The van der Waals surface area contributed by atoms with E-state index < -0.39 is 5.97 Å². The SMILES string of the molecule is COC(=O)c1ccc(C#Cc2ccc(OCOC(C)OC)c(C34CC5CC(CC(C5)C3)C4)c2)nc1. The Kier molecular flexibility index (Phi) is 6.82. The van der Waals surface area contributed by atoms with Gasteiger partial charge in [-0.2, -0.15) is 0 Å². The summed E-state index contributed by atoms with van der Waals surface area (Å²) in [5.41, 5.74) is 3.39. The normalized spacial score (nSPS) is 27.1. The molecule has 4 aliphatic rings. The summed E-state index contributed by atoms with van der Waals surface area (Å²) in [4.78, 5) is 15.9. The zero-order chi connectivity index (χ0) is 24.4. The Labute approximate surface area is 207 Å². The average molecular weight is 476 g/mol. The number of carbonyl (C=O) groups is 1. The second-order valence-electron chi connectivity index (χ2n) is 10.3. The quantitative estimate of drug-likeness (QED) is 0.316. The number of esters is 1. The summed E-state index contributed by atoms with van der Waals surface area (Å²) >= 11 is 0. The van der Waals surface area contributed by atoms with Crippen LogP contribution in [0.25, 0.3) is 0 Å². The van der Waals surface area contributed by atoms with E-state index in [2.05, 4.69) is 22.9 Å². The maximum Gasteiger partial charge on any atom is 0.339 e. The molecule has 0 amide bonds. The molecule has 4 aliphatic carbocycles. The van der Waals surface area contributed by atoms with Crippen molar-refractivity contribution in [1.29, 1.82) is 0 Å². The van der Waals surface area contributed by atoms with Crippen LogP contribution in [0.15, 0.2) is 36.5 Å². The Morgan fingerprint density at radius 1 is 1.06 bits per heavy atom. The lowest BCUT2D eigenvalue weighted by Crippen LogP contribution is -2.48. The molecule has 0 aliphatic heterocycles. The summed E-state index contributed by atoms with van der Waals surface area (Å²) in [7, 11) is 2.98. The molecule has 4 fully saturated rings. The topological polar surface area (TPSA) is 66.9 Å². The first kappa shape index (κ1) is 23.8. The minimum atomic E-state index is -0.406. The molecule has 1 heterocycles. The van der Waals surface area contributed by atoms with E-state index in [1.54, 1.807) is 19.2 Å². The van der Waals surface area contributed by atoms with Crippen LogP contribution in [-0.2, 0) is 19.6 Å². The van der Waals surface area contributed by atoms with Gasteiger partial charge in [-0.3, -0.25) is 0 Å². The lowest BCUT2D eigenvalue weighted by molar-refractivity contribution is -0.150. The molecule has 4 bridgehead atoms. The highest BCUT2D eigenvalue weighted by Crippen LogP contribution is 2.61. The van der Waals surface area contributed by atoms with Gasteiger partial charge >= 0.3 is 5.97 Å². The van der Waals surface area contributed by atoms with Gasteiger partial charge in [-0.1, -0.05) is 5.92 Å². The van der Waals surface area contributed by atoms with E-state index in [0.29, 0.717) is 11.3 Å². The van der Waals surface area contributed by atoms with Gasteiger partial charge in [0.05, 0.1) is 12.7 Å². The van der Waals surface area contributed by atoms with E-state index in [4.69, 9.17) is 18.9 Å². The van der Waals surface area contributed by atoms with Gasteiger partial charge in [0.2, 0.25) is 0 Å². The Bertz CT molecular complexity index is 1090. The molecule has 6 heteroatoms. The zero-order valence-electron chi connectivity index (χ0n) is 20.7. The molecule has 0 spiro atoms. The van der Waals surface area contributed by atoms with Gasteiger partial charge in [0.1, 0.15) is 11.4 Å². The maximum atomic E-state index is 11.6. The molecule has 184 valence electrons. The van der Waals surface area contributed by atoms with E-state index in [-0.39, 0.29) is 18.5 Å². The first-order valence-corrected chi connectivity index (χ1v) is 12.5. The van der Waals surface area contributed by atoms with Crippen molar-refractivity contribution >= 4 is 5.97 Å². The van der Waals surface area contributed by atoms with Crippen molar-refractivity contribution in [3.05, 3.63) is 58.9 Å². The number of aromatic nitrogens is 1. The molecule has 35 heavy (non-hydrogen) atoms. The van der Waals surface area contributed by atoms with Gasteiger partial charge in [-0.25, -0.2) is 9.78 Å². The van der Waals surface area contributed by atoms with Gasteiger partial charge in [0, 0.05) is 24.4 Å². The minimum Gasteiger partial charge on any atom is -0.467 e. The maximum absolute atomic E-state index is 11.6. The molecule has 0 saturated heterocycles. The third-order valence-corrected chi connectivity index (χ3v) is 7.96. The number of hydrogen-bond acceptors (Lipinski definition) is 6. The molecule has 0 N–H and O–H groups in total. The first-order valence-electron chi connectivity index (χ1n) is 12.5. The minimum absolute atomic E-state index is 0.149. The number of ether oxygens (including phenoxy) is 4. The van der Waals surface area contributed by atoms with E-state index in [9.17, 15) is 4.79 Å². The van der Waals surface area contributed by atoms with Crippen LogP contribution in [0.5, 0.6) is 5.75 Å². The Hall–Kier alpha value is -2.88. The molecule has 1 unspecified atom stereocenters. The largest absolute Gasteiger partial charge is 0.467 e. The highest BCUT2D eigenvalue weighted by molar-refractivity contribution is 5.88. The lowest BCUT2D eigenvalue weighted by atomic mass is 9.48. The van der Waals surface area contributed by atoms with Crippen molar-refractivity contribution in [3.8, 4) is 17.6 Å². The van der Waals surface area contributed by atoms with Crippen molar-refractivity contribution in [1.82, 2.24) is 4.98 Å². The van der Waals surface area contributed by atoms with E-state index in [0.717, 1.165) is 29.1 Å². The average Bonchev–Trinajstić information content (AvgIpc) is 2.86.